The number of carbonyl (C=O) groups excluding carboxylic acids is 1. The highest BCUT2D eigenvalue weighted by Gasteiger charge is 2.50. The summed E-state index contributed by atoms with van der Waals surface area (Å²) < 4.78 is 18.5. The first-order valence-corrected chi connectivity index (χ1v) is 12.9. The molecule has 1 rings (SSSR count). The van der Waals surface area contributed by atoms with Gasteiger partial charge in [0.2, 0.25) is 0 Å². The quantitative estimate of drug-likeness (QED) is 0.368. The van der Waals surface area contributed by atoms with Gasteiger partial charge in [0, 0.05) is 0 Å². The molecule has 1 fully saturated rings. The van der Waals surface area contributed by atoms with Gasteiger partial charge in [-0.05, 0) is 65.6 Å². The molecular formula is C21H41NO4Si. The molecule has 0 bridgehead atoms. The average Bonchev–Trinajstić information content (AvgIpc) is 2.89. The second-order valence-electron chi connectivity index (χ2n) is 8.94. The van der Waals surface area contributed by atoms with Crippen LogP contribution in [0.3, 0.4) is 0 Å². The summed E-state index contributed by atoms with van der Waals surface area (Å²) >= 11 is 0. The van der Waals surface area contributed by atoms with Gasteiger partial charge in [0.15, 0.2) is 8.32 Å². The van der Waals surface area contributed by atoms with Gasteiger partial charge in [-0.1, -0.05) is 26.8 Å². The maximum Gasteiger partial charge on any atom is 0.412 e. The molecule has 0 saturated carbocycles. The first-order chi connectivity index (χ1) is 12.4. The van der Waals surface area contributed by atoms with Crippen LogP contribution in [0.1, 0.15) is 68.2 Å². The average molecular weight is 400 g/mol. The molecule has 0 aromatic heterocycles. The van der Waals surface area contributed by atoms with E-state index in [1.165, 1.54) is 0 Å². The van der Waals surface area contributed by atoms with Crippen LogP contribution in [0, 0.1) is 0 Å². The fourth-order valence-electron chi connectivity index (χ4n) is 3.71. The third-order valence-electron chi connectivity index (χ3n) is 5.53. The van der Waals surface area contributed by atoms with Crippen LogP contribution in [0.2, 0.25) is 18.1 Å². The summed E-state index contributed by atoms with van der Waals surface area (Å²) in [4.78, 5) is 14.8. The molecule has 5 nitrogen and oxygen atoms in total. The molecule has 1 amide bonds. The predicted molar refractivity (Wildman–Crippen MR) is 113 cm³/mol. The zero-order valence-corrected chi connectivity index (χ0v) is 19.8. The van der Waals surface area contributed by atoms with Crippen molar-refractivity contribution in [1.82, 2.24) is 4.90 Å². The van der Waals surface area contributed by atoms with E-state index >= 15 is 0 Å². The van der Waals surface area contributed by atoms with Crippen LogP contribution in [0.4, 0.5) is 4.79 Å². The van der Waals surface area contributed by atoms with Gasteiger partial charge in [-0.2, -0.15) is 0 Å². The molecule has 0 N–H and O–H groups in total. The Balaban J connectivity index is 3.17. The zero-order valence-electron chi connectivity index (χ0n) is 18.8. The van der Waals surface area contributed by atoms with Gasteiger partial charge >= 0.3 is 6.09 Å². The third-order valence-corrected chi connectivity index (χ3v) is 10.2. The monoisotopic (exact) mass is 399 g/mol. The summed E-state index contributed by atoms with van der Waals surface area (Å²) in [6.45, 7) is 20.5. The second-order valence-corrected chi connectivity index (χ2v) is 13.7. The summed E-state index contributed by atoms with van der Waals surface area (Å²) in [6.07, 6.45) is 3.21. The van der Waals surface area contributed by atoms with Gasteiger partial charge in [0.25, 0.3) is 0 Å². The first kappa shape index (κ1) is 24.2. The molecule has 0 aliphatic carbocycles. The fraction of sp³-hybridized carbons (Fsp3) is 0.857. The summed E-state index contributed by atoms with van der Waals surface area (Å²) in [5.41, 5.74) is -1.26. The number of allylic oxidation sites excluding steroid dienone is 1. The van der Waals surface area contributed by atoms with Gasteiger partial charge in [-0.15, -0.1) is 6.58 Å². The van der Waals surface area contributed by atoms with Crippen molar-refractivity contribution < 1.29 is 18.7 Å². The number of ether oxygens (including phenoxy) is 2. The highest BCUT2D eigenvalue weighted by atomic mass is 28.4. The highest BCUT2D eigenvalue weighted by Crippen LogP contribution is 2.35. The Hall–Kier alpha value is -0.853. The van der Waals surface area contributed by atoms with Crippen molar-refractivity contribution in [2.75, 3.05) is 6.61 Å². The summed E-state index contributed by atoms with van der Waals surface area (Å²) in [5, 5.41) is 0. The van der Waals surface area contributed by atoms with Crippen LogP contribution in [0.5, 0.6) is 0 Å². The van der Waals surface area contributed by atoms with E-state index in [9.17, 15) is 4.79 Å². The molecule has 1 saturated heterocycles. The normalized spacial score (nSPS) is 21.2. The minimum atomic E-state index is -1.82. The van der Waals surface area contributed by atoms with E-state index in [2.05, 4.69) is 27.4 Å². The molecule has 6 heteroatoms. The van der Waals surface area contributed by atoms with Crippen LogP contribution >= 0.6 is 0 Å². The molecule has 1 aliphatic heterocycles. The Morgan fingerprint density at radius 1 is 1.30 bits per heavy atom. The maximum atomic E-state index is 13.0. The summed E-state index contributed by atoms with van der Waals surface area (Å²) in [7, 11) is -1.82. The summed E-state index contributed by atoms with van der Waals surface area (Å²) in [6, 6.07) is 3.09. The lowest BCUT2D eigenvalue weighted by Gasteiger charge is -2.41. The van der Waals surface area contributed by atoms with E-state index in [0.29, 0.717) is 6.61 Å². The van der Waals surface area contributed by atoms with Gasteiger partial charge in [-0.25, -0.2) is 4.79 Å². The molecule has 0 radical (unpaired) electrons. The standard InChI is InChI=1S/C21H41NO4Si/c1-10-14-15-18(26-27(11-2,12-3)13-4)17-16-24-21(8,9)22(17)19(23)25-20(5,6)7/h10,17-18H,1,11-16H2,2-9H3/t17?,18-/m0/s1. The molecule has 0 spiro atoms. The van der Waals surface area contributed by atoms with Crippen molar-refractivity contribution in [2.24, 2.45) is 0 Å². The van der Waals surface area contributed by atoms with E-state index in [-0.39, 0.29) is 18.2 Å². The number of hydrogen-bond acceptors (Lipinski definition) is 4. The van der Waals surface area contributed by atoms with Crippen LogP contribution < -0.4 is 0 Å². The summed E-state index contributed by atoms with van der Waals surface area (Å²) in [5.74, 6) is 0. The third kappa shape index (κ3) is 6.33. The van der Waals surface area contributed by atoms with E-state index in [0.717, 1.165) is 31.0 Å². The Kier molecular flexibility index (Phi) is 8.57. The molecular weight excluding hydrogens is 358 g/mol. The van der Waals surface area contributed by atoms with Crippen molar-refractivity contribution in [2.45, 2.75) is 110 Å². The largest absolute Gasteiger partial charge is 0.444 e. The lowest BCUT2D eigenvalue weighted by atomic mass is 10.0. The van der Waals surface area contributed by atoms with E-state index in [4.69, 9.17) is 13.9 Å². The smallest absolute Gasteiger partial charge is 0.412 e. The fourth-order valence-corrected chi connectivity index (χ4v) is 6.62. The molecule has 158 valence electrons. The number of rotatable bonds is 9. The molecule has 1 aliphatic rings. The number of hydrogen-bond donors (Lipinski definition) is 0. The Morgan fingerprint density at radius 3 is 2.30 bits per heavy atom. The van der Waals surface area contributed by atoms with Gasteiger partial charge < -0.3 is 13.9 Å². The molecule has 2 atom stereocenters. The predicted octanol–water partition coefficient (Wildman–Crippen LogP) is 5.72. The van der Waals surface area contributed by atoms with E-state index in [1.807, 2.05) is 40.7 Å². The molecule has 1 heterocycles. The SMILES string of the molecule is C=CCC[C@H](O[Si](CC)(CC)CC)C1COC(C)(C)N1C(=O)OC(C)(C)C. The van der Waals surface area contributed by atoms with Crippen LogP contribution in [-0.4, -0.2) is 49.4 Å². The van der Waals surface area contributed by atoms with Crippen LogP contribution in [0.15, 0.2) is 12.7 Å². The van der Waals surface area contributed by atoms with Crippen LogP contribution in [0.25, 0.3) is 0 Å². The second kappa shape index (κ2) is 9.57. The zero-order chi connectivity index (χ0) is 20.9. The number of amides is 1. The number of nitrogens with zero attached hydrogens (tertiary/aromatic N) is 1. The molecule has 0 aromatic rings. The highest BCUT2D eigenvalue weighted by molar-refractivity contribution is 6.73. The minimum absolute atomic E-state index is 0.0659. The van der Waals surface area contributed by atoms with Crippen molar-refractivity contribution in [3.05, 3.63) is 12.7 Å². The van der Waals surface area contributed by atoms with Gasteiger partial charge in [0.1, 0.15) is 11.3 Å². The molecule has 1 unspecified atom stereocenters. The van der Waals surface area contributed by atoms with Gasteiger partial charge in [0.05, 0.1) is 18.8 Å². The Bertz CT molecular complexity index is 489. The van der Waals surface area contributed by atoms with E-state index < -0.39 is 19.6 Å². The van der Waals surface area contributed by atoms with Crippen molar-refractivity contribution in [1.29, 1.82) is 0 Å². The first-order valence-electron chi connectivity index (χ1n) is 10.4. The molecule has 0 aromatic carbocycles. The van der Waals surface area contributed by atoms with Crippen LogP contribution in [-0.2, 0) is 13.9 Å². The van der Waals surface area contributed by atoms with Crippen molar-refractivity contribution in [3.63, 3.8) is 0 Å². The number of carbonyl (C=O) groups is 1. The Labute approximate surface area is 167 Å². The van der Waals surface area contributed by atoms with Crippen molar-refractivity contribution in [3.8, 4) is 0 Å². The van der Waals surface area contributed by atoms with Gasteiger partial charge in [-0.3, -0.25) is 4.90 Å². The minimum Gasteiger partial charge on any atom is -0.444 e. The van der Waals surface area contributed by atoms with Crippen molar-refractivity contribution >= 4 is 14.4 Å². The van der Waals surface area contributed by atoms with E-state index in [1.54, 1.807) is 4.90 Å². The maximum absolute atomic E-state index is 13.0. The molecule has 27 heavy (non-hydrogen) atoms. The Morgan fingerprint density at radius 2 is 1.85 bits per heavy atom. The lowest BCUT2D eigenvalue weighted by Crippen LogP contribution is -2.55. The topological polar surface area (TPSA) is 48.0 Å². The lowest BCUT2D eigenvalue weighted by molar-refractivity contribution is -0.0673.